The number of hydrogen-bond acceptors (Lipinski definition) is 4. The molecule has 0 aromatic carbocycles. The van der Waals surface area contributed by atoms with E-state index in [2.05, 4.69) is 5.32 Å². The lowest BCUT2D eigenvalue weighted by Crippen LogP contribution is -2.50. The molecule has 0 aliphatic carbocycles. The average Bonchev–Trinajstić information content (AvgIpc) is 2.83. The van der Waals surface area contributed by atoms with Crippen LogP contribution in [0.5, 0.6) is 0 Å². The zero-order chi connectivity index (χ0) is 13.3. The number of rotatable bonds is 4. The maximum atomic E-state index is 12.1. The molecule has 102 valence electrons. The summed E-state index contributed by atoms with van der Waals surface area (Å²) < 4.78 is 0. The summed E-state index contributed by atoms with van der Waals surface area (Å²) in [5.41, 5.74) is 0. The molecule has 2 amide bonds. The molecule has 0 bridgehead atoms. The summed E-state index contributed by atoms with van der Waals surface area (Å²) in [5, 5.41) is 11.7. The van der Waals surface area contributed by atoms with E-state index >= 15 is 0 Å². The van der Waals surface area contributed by atoms with E-state index in [1.807, 2.05) is 13.8 Å². The van der Waals surface area contributed by atoms with E-state index in [9.17, 15) is 9.59 Å². The highest BCUT2D eigenvalue weighted by atomic mass is 32.2. The number of carbonyl (C=O) groups is 2. The lowest BCUT2D eigenvalue weighted by atomic mass is 10.2. The van der Waals surface area contributed by atoms with Gasteiger partial charge in [0.25, 0.3) is 0 Å². The van der Waals surface area contributed by atoms with Gasteiger partial charge in [-0.2, -0.15) is 0 Å². The molecule has 0 saturated carbocycles. The lowest BCUT2D eigenvalue weighted by Gasteiger charge is -2.30. The first kappa shape index (κ1) is 13.7. The zero-order valence-electron chi connectivity index (χ0n) is 10.8. The van der Waals surface area contributed by atoms with Gasteiger partial charge < -0.3 is 15.3 Å². The summed E-state index contributed by atoms with van der Waals surface area (Å²) in [6, 6.07) is -0.346. The number of hydrogen-bond donors (Lipinski definition) is 2. The van der Waals surface area contributed by atoms with Gasteiger partial charge in [-0.25, -0.2) is 0 Å². The fourth-order valence-corrected chi connectivity index (χ4v) is 3.90. The molecular weight excluding hydrogens is 252 g/mol. The Balaban J connectivity index is 1.97. The van der Waals surface area contributed by atoms with E-state index < -0.39 is 0 Å². The normalized spacial score (nSPS) is 32.5. The topological polar surface area (TPSA) is 69.6 Å². The number of nitrogens with one attached hydrogen (secondary N) is 1. The third kappa shape index (κ3) is 2.36. The predicted molar refractivity (Wildman–Crippen MR) is 70.0 cm³/mol. The fourth-order valence-electron chi connectivity index (χ4n) is 2.47. The first-order valence-corrected chi connectivity index (χ1v) is 7.31. The third-order valence-electron chi connectivity index (χ3n) is 3.68. The smallest absolute Gasteiger partial charge is 0.243 e. The highest BCUT2D eigenvalue weighted by Gasteiger charge is 2.52. The molecule has 2 rings (SSSR count). The number of aliphatic hydroxyl groups is 1. The van der Waals surface area contributed by atoms with Crippen LogP contribution in [0.4, 0.5) is 0 Å². The Morgan fingerprint density at radius 2 is 2.44 bits per heavy atom. The van der Waals surface area contributed by atoms with Crippen LogP contribution < -0.4 is 5.32 Å². The summed E-state index contributed by atoms with van der Waals surface area (Å²) in [4.78, 5) is 25.5. The molecule has 0 spiro atoms. The monoisotopic (exact) mass is 272 g/mol. The van der Waals surface area contributed by atoms with Crippen LogP contribution in [0.15, 0.2) is 0 Å². The standard InChI is InChI=1S/C12H20N2O3S/c1-8(6-15)5-13-11(17)9-7-18-12(2)4-3-10(16)14(9)12/h8-9,15H,3-7H2,1-2H3,(H,13,17). The Morgan fingerprint density at radius 3 is 3.11 bits per heavy atom. The summed E-state index contributed by atoms with van der Waals surface area (Å²) in [7, 11) is 0. The Morgan fingerprint density at radius 1 is 1.72 bits per heavy atom. The molecule has 18 heavy (non-hydrogen) atoms. The Labute approximate surface area is 111 Å². The second-order valence-corrected chi connectivity index (χ2v) is 6.80. The summed E-state index contributed by atoms with van der Waals surface area (Å²) in [5.74, 6) is 0.699. The highest BCUT2D eigenvalue weighted by molar-refractivity contribution is 8.01. The second kappa shape index (κ2) is 5.09. The minimum atomic E-state index is -0.346. The SMILES string of the molecule is CC(CO)CNC(=O)C1CSC2(C)CCC(=O)N12. The summed E-state index contributed by atoms with van der Waals surface area (Å²) >= 11 is 1.69. The molecule has 2 aliphatic rings. The van der Waals surface area contributed by atoms with Crippen LogP contribution in [0, 0.1) is 5.92 Å². The Bertz CT molecular complexity index is 363. The lowest BCUT2D eigenvalue weighted by molar-refractivity contribution is -0.138. The van der Waals surface area contributed by atoms with E-state index in [-0.39, 0.29) is 35.3 Å². The zero-order valence-corrected chi connectivity index (χ0v) is 11.6. The van der Waals surface area contributed by atoms with E-state index in [1.54, 1.807) is 16.7 Å². The van der Waals surface area contributed by atoms with Gasteiger partial charge in [-0.15, -0.1) is 11.8 Å². The van der Waals surface area contributed by atoms with Crippen molar-refractivity contribution in [2.75, 3.05) is 18.9 Å². The van der Waals surface area contributed by atoms with Crippen LogP contribution in [0.1, 0.15) is 26.7 Å². The van der Waals surface area contributed by atoms with Crippen molar-refractivity contribution >= 4 is 23.6 Å². The van der Waals surface area contributed by atoms with Crippen molar-refractivity contribution in [2.24, 2.45) is 5.92 Å². The van der Waals surface area contributed by atoms with Crippen molar-refractivity contribution in [2.45, 2.75) is 37.6 Å². The van der Waals surface area contributed by atoms with Gasteiger partial charge in [0, 0.05) is 25.3 Å². The van der Waals surface area contributed by atoms with E-state index in [4.69, 9.17) is 5.11 Å². The van der Waals surface area contributed by atoms with Crippen LogP contribution in [0.3, 0.4) is 0 Å². The first-order valence-electron chi connectivity index (χ1n) is 6.32. The van der Waals surface area contributed by atoms with Crippen molar-refractivity contribution in [1.82, 2.24) is 10.2 Å². The number of carbonyl (C=O) groups excluding carboxylic acids is 2. The number of nitrogens with zero attached hydrogens (tertiary/aromatic N) is 1. The van der Waals surface area contributed by atoms with Gasteiger partial charge in [0.1, 0.15) is 6.04 Å². The van der Waals surface area contributed by atoms with Crippen molar-refractivity contribution in [3.63, 3.8) is 0 Å². The molecule has 3 atom stereocenters. The molecule has 2 saturated heterocycles. The van der Waals surface area contributed by atoms with Crippen LogP contribution in [-0.4, -0.2) is 51.6 Å². The summed E-state index contributed by atoms with van der Waals surface area (Å²) in [6.45, 7) is 4.41. The first-order chi connectivity index (χ1) is 8.48. The molecule has 0 aromatic heterocycles. The number of thioether (sulfide) groups is 1. The van der Waals surface area contributed by atoms with Crippen molar-refractivity contribution < 1.29 is 14.7 Å². The number of amides is 2. The van der Waals surface area contributed by atoms with Gasteiger partial charge in [0.2, 0.25) is 11.8 Å². The summed E-state index contributed by atoms with van der Waals surface area (Å²) in [6.07, 6.45) is 1.37. The molecular formula is C12H20N2O3S. The van der Waals surface area contributed by atoms with Crippen LogP contribution in [0.2, 0.25) is 0 Å². The van der Waals surface area contributed by atoms with Gasteiger partial charge in [0.05, 0.1) is 4.87 Å². The molecule has 0 radical (unpaired) electrons. The fraction of sp³-hybridized carbons (Fsp3) is 0.833. The molecule has 2 N–H and O–H groups in total. The average molecular weight is 272 g/mol. The molecule has 3 unspecified atom stereocenters. The van der Waals surface area contributed by atoms with E-state index in [0.717, 1.165) is 6.42 Å². The van der Waals surface area contributed by atoms with Crippen LogP contribution in [-0.2, 0) is 9.59 Å². The van der Waals surface area contributed by atoms with Crippen molar-refractivity contribution in [1.29, 1.82) is 0 Å². The van der Waals surface area contributed by atoms with E-state index in [0.29, 0.717) is 18.7 Å². The maximum Gasteiger partial charge on any atom is 0.243 e. The van der Waals surface area contributed by atoms with Crippen molar-refractivity contribution in [3.8, 4) is 0 Å². The molecule has 2 fully saturated rings. The van der Waals surface area contributed by atoms with Gasteiger partial charge in [0.15, 0.2) is 0 Å². The van der Waals surface area contributed by atoms with E-state index in [1.165, 1.54) is 0 Å². The van der Waals surface area contributed by atoms with Gasteiger partial charge >= 0.3 is 0 Å². The maximum absolute atomic E-state index is 12.1. The molecule has 6 heteroatoms. The predicted octanol–water partition coefficient (Wildman–Crippen LogP) is 0.185. The minimum absolute atomic E-state index is 0.0451. The largest absolute Gasteiger partial charge is 0.396 e. The third-order valence-corrected chi connectivity index (χ3v) is 5.19. The van der Waals surface area contributed by atoms with Crippen LogP contribution in [0.25, 0.3) is 0 Å². The van der Waals surface area contributed by atoms with Gasteiger partial charge in [-0.05, 0) is 19.3 Å². The van der Waals surface area contributed by atoms with Crippen LogP contribution >= 0.6 is 11.8 Å². The number of fused-ring (bicyclic) bond motifs is 1. The van der Waals surface area contributed by atoms with Crippen molar-refractivity contribution in [3.05, 3.63) is 0 Å². The Kier molecular flexibility index (Phi) is 3.87. The number of aliphatic hydroxyl groups excluding tert-OH is 1. The van der Waals surface area contributed by atoms with Gasteiger partial charge in [-0.3, -0.25) is 9.59 Å². The second-order valence-electron chi connectivity index (χ2n) is 5.30. The highest BCUT2D eigenvalue weighted by Crippen LogP contribution is 2.47. The quantitative estimate of drug-likeness (QED) is 0.766. The minimum Gasteiger partial charge on any atom is -0.396 e. The molecule has 0 aromatic rings. The molecule has 5 nitrogen and oxygen atoms in total. The Hall–Kier alpha value is -0.750. The molecule has 2 heterocycles. The molecule has 2 aliphatic heterocycles. The van der Waals surface area contributed by atoms with Gasteiger partial charge in [-0.1, -0.05) is 6.92 Å².